The van der Waals surface area contributed by atoms with E-state index in [0.29, 0.717) is 18.7 Å². The molecule has 3 aromatic rings. The summed E-state index contributed by atoms with van der Waals surface area (Å²) in [6.07, 6.45) is 1.56. The molecule has 0 aliphatic rings. The summed E-state index contributed by atoms with van der Waals surface area (Å²) in [5.74, 6) is 0.627. The Balaban J connectivity index is 1.47. The third-order valence-corrected chi connectivity index (χ3v) is 3.78. The smallest absolute Gasteiger partial charge is 0.260 e. The molecule has 2 aromatic carbocycles. The second kappa shape index (κ2) is 8.11. The van der Waals surface area contributed by atoms with Gasteiger partial charge in [-0.05, 0) is 65.7 Å². The Kier molecular flexibility index (Phi) is 5.43. The van der Waals surface area contributed by atoms with Crippen molar-refractivity contribution in [1.82, 2.24) is 25.5 Å². The molecule has 3 rings (SSSR count). The minimum atomic E-state index is -0.617. The minimum Gasteiger partial charge on any atom is -0.508 e. The Bertz CT molecular complexity index is 832. The normalized spacial score (nSPS) is 11.7. The number of nitrogens with one attached hydrogen (secondary N) is 1. The van der Waals surface area contributed by atoms with Crippen molar-refractivity contribution in [3.8, 4) is 17.2 Å². The van der Waals surface area contributed by atoms with Crippen molar-refractivity contribution >= 4 is 5.91 Å². The van der Waals surface area contributed by atoms with Crippen LogP contribution in [0.5, 0.6) is 11.5 Å². The molecule has 8 heteroatoms. The van der Waals surface area contributed by atoms with E-state index in [1.807, 2.05) is 12.1 Å². The molecule has 1 aromatic heterocycles. The number of ether oxygens (including phenoxy) is 1. The van der Waals surface area contributed by atoms with E-state index in [1.165, 1.54) is 11.0 Å². The fraction of sp³-hybridized carbons (Fsp3) is 0.222. The van der Waals surface area contributed by atoms with Gasteiger partial charge in [-0.15, -0.1) is 5.10 Å². The number of rotatable bonds is 7. The van der Waals surface area contributed by atoms with Crippen LogP contribution in [0.25, 0.3) is 5.69 Å². The Morgan fingerprint density at radius 1 is 1.19 bits per heavy atom. The number of hydrogen-bond acceptors (Lipinski definition) is 6. The molecule has 0 bridgehead atoms. The molecule has 0 aliphatic carbocycles. The molecule has 0 radical (unpaired) electrons. The molecule has 8 nitrogen and oxygen atoms in total. The molecular weight excluding hydrogens is 334 g/mol. The molecule has 0 aliphatic heterocycles. The molecule has 1 atom stereocenters. The summed E-state index contributed by atoms with van der Waals surface area (Å²) in [4.78, 5) is 12.1. The van der Waals surface area contributed by atoms with E-state index in [2.05, 4.69) is 20.8 Å². The van der Waals surface area contributed by atoms with Gasteiger partial charge in [0.25, 0.3) is 5.91 Å². The summed E-state index contributed by atoms with van der Waals surface area (Å²) in [5.41, 5.74) is 1.84. The average Bonchev–Trinajstić information content (AvgIpc) is 3.18. The van der Waals surface area contributed by atoms with Crippen molar-refractivity contribution in [3.63, 3.8) is 0 Å². The third kappa shape index (κ3) is 4.56. The molecular formula is C18H19N5O3. The molecule has 1 unspecified atom stereocenters. The highest BCUT2D eigenvalue weighted by Crippen LogP contribution is 2.16. The number of amides is 1. The lowest BCUT2D eigenvalue weighted by Crippen LogP contribution is -2.37. The fourth-order valence-corrected chi connectivity index (χ4v) is 2.35. The number of benzene rings is 2. The number of carbonyl (C=O) groups is 1. The van der Waals surface area contributed by atoms with Gasteiger partial charge in [0.2, 0.25) is 0 Å². The highest BCUT2D eigenvalue weighted by atomic mass is 16.5. The van der Waals surface area contributed by atoms with Gasteiger partial charge in [0.1, 0.15) is 17.8 Å². The largest absolute Gasteiger partial charge is 0.508 e. The molecule has 1 amide bonds. The van der Waals surface area contributed by atoms with E-state index in [9.17, 15) is 9.90 Å². The Labute approximate surface area is 150 Å². The van der Waals surface area contributed by atoms with Gasteiger partial charge in [-0.1, -0.05) is 12.1 Å². The van der Waals surface area contributed by atoms with Crippen LogP contribution in [0.15, 0.2) is 54.9 Å². The van der Waals surface area contributed by atoms with Crippen molar-refractivity contribution in [1.29, 1.82) is 0 Å². The predicted octanol–water partition coefficient (Wildman–Crippen LogP) is 1.49. The van der Waals surface area contributed by atoms with Crippen LogP contribution in [-0.4, -0.2) is 43.9 Å². The third-order valence-electron chi connectivity index (χ3n) is 3.78. The van der Waals surface area contributed by atoms with Gasteiger partial charge >= 0.3 is 0 Å². The lowest BCUT2D eigenvalue weighted by molar-refractivity contribution is -0.127. The molecule has 134 valence electrons. The van der Waals surface area contributed by atoms with Crippen LogP contribution >= 0.6 is 0 Å². The van der Waals surface area contributed by atoms with Crippen LogP contribution in [0, 0.1) is 0 Å². The summed E-state index contributed by atoms with van der Waals surface area (Å²) in [6, 6.07) is 14.0. The zero-order valence-electron chi connectivity index (χ0n) is 14.2. The van der Waals surface area contributed by atoms with Crippen molar-refractivity contribution in [2.45, 2.75) is 19.4 Å². The number of hydrogen-bond donors (Lipinski definition) is 2. The van der Waals surface area contributed by atoms with Crippen molar-refractivity contribution in [2.24, 2.45) is 0 Å². The van der Waals surface area contributed by atoms with E-state index in [4.69, 9.17) is 4.74 Å². The number of phenols is 1. The van der Waals surface area contributed by atoms with Gasteiger partial charge in [-0.25, -0.2) is 4.68 Å². The average molecular weight is 353 g/mol. The zero-order chi connectivity index (χ0) is 18.4. The molecule has 2 N–H and O–H groups in total. The van der Waals surface area contributed by atoms with E-state index in [0.717, 1.165) is 11.3 Å². The molecule has 0 fully saturated rings. The summed E-state index contributed by atoms with van der Waals surface area (Å²) < 4.78 is 7.19. The monoisotopic (exact) mass is 353 g/mol. The van der Waals surface area contributed by atoms with E-state index >= 15 is 0 Å². The molecule has 0 saturated carbocycles. The number of nitrogens with zero attached hydrogens (tertiary/aromatic N) is 4. The van der Waals surface area contributed by atoms with Crippen molar-refractivity contribution in [3.05, 3.63) is 60.4 Å². The highest BCUT2D eigenvalue weighted by Gasteiger charge is 2.14. The Morgan fingerprint density at radius 3 is 2.58 bits per heavy atom. The van der Waals surface area contributed by atoms with Gasteiger partial charge in [0.15, 0.2) is 6.10 Å². The predicted molar refractivity (Wildman–Crippen MR) is 94.1 cm³/mol. The first-order valence-electron chi connectivity index (χ1n) is 8.17. The van der Waals surface area contributed by atoms with Gasteiger partial charge < -0.3 is 15.2 Å². The summed E-state index contributed by atoms with van der Waals surface area (Å²) in [5, 5.41) is 23.1. The van der Waals surface area contributed by atoms with E-state index < -0.39 is 6.10 Å². The van der Waals surface area contributed by atoms with Gasteiger partial charge in [0.05, 0.1) is 5.69 Å². The second-order valence-electron chi connectivity index (χ2n) is 5.72. The molecule has 0 spiro atoms. The summed E-state index contributed by atoms with van der Waals surface area (Å²) >= 11 is 0. The second-order valence-corrected chi connectivity index (χ2v) is 5.72. The number of aromatic nitrogens is 4. The van der Waals surface area contributed by atoms with Crippen LogP contribution in [0.3, 0.4) is 0 Å². The molecule has 26 heavy (non-hydrogen) atoms. The first-order valence-corrected chi connectivity index (χ1v) is 8.17. The van der Waals surface area contributed by atoms with Gasteiger partial charge in [-0.2, -0.15) is 0 Å². The number of tetrazole rings is 1. The van der Waals surface area contributed by atoms with E-state index in [1.54, 1.807) is 43.3 Å². The van der Waals surface area contributed by atoms with Crippen LogP contribution in [0.2, 0.25) is 0 Å². The van der Waals surface area contributed by atoms with Crippen LogP contribution in [0.1, 0.15) is 12.5 Å². The van der Waals surface area contributed by atoms with Crippen LogP contribution in [0.4, 0.5) is 0 Å². The minimum absolute atomic E-state index is 0.187. The maximum absolute atomic E-state index is 12.1. The van der Waals surface area contributed by atoms with Crippen LogP contribution < -0.4 is 10.1 Å². The Morgan fingerprint density at radius 2 is 1.92 bits per heavy atom. The Hall–Kier alpha value is -3.42. The number of aromatic hydroxyl groups is 1. The van der Waals surface area contributed by atoms with Crippen molar-refractivity contribution in [2.75, 3.05) is 6.54 Å². The summed E-state index contributed by atoms with van der Waals surface area (Å²) in [6.45, 7) is 2.20. The molecule has 1 heterocycles. The standard InChI is InChI=1S/C18H19N5O3/c1-13(18(25)19-11-10-14-2-6-16(24)7-3-14)26-17-8-4-15(5-9-17)23-12-20-21-22-23/h2-9,12-13,24H,10-11H2,1H3,(H,19,25). The van der Waals surface area contributed by atoms with Gasteiger partial charge in [0, 0.05) is 6.54 Å². The van der Waals surface area contributed by atoms with Crippen LogP contribution in [-0.2, 0) is 11.2 Å². The number of phenolic OH excluding ortho intramolecular Hbond substituents is 1. The maximum Gasteiger partial charge on any atom is 0.260 e. The number of carbonyl (C=O) groups excluding carboxylic acids is 1. The first-order chi connectivity index (χ1) is 12.6. The molecule has 0 saturated heterocycles. The lowest BCUT2D eigenvalue weighted by Gasteiger charge is -2.15. The lowest BCUT2D eigenvalue weighted by atomic mass is 10.1. The maximum atomic E-state index is 12.1. The SMILES string of the molecule is CC(Oc1ccc(-n2cnnn2)cc1)C(=O)NCCc1ccc(O)cc1. The quantitative estimate of drug-likeness (QED) is 0.667. The zero-order valence-corrected chi connectivity index (χ0v) is 14.2. The highest BCUT2D eigenvalue weighted by molar-refractivity contribution is 5.80. The fourth-order valence-electron chi connectivity index (χ4n) is 2.35. The summed E-state index contributed by atoms with van der Waals surface area (Å²) in [7, 11) is 0. The van der Waals surface area contributed by atoms with Gasteiger partial charge in [-0.3, -0.25) is 4.79 Å². The first kappa shape index (κ1) is 17.4. The topological polar surface area (TPSA) is 102 Å². The van der Waals surface area contributed by atoms with Crippen molar-refractivity contribution < 1.29 is 14.6 Å². The van der Waals surface area contributed by atoms with E-state index in [-0.39, 0.29) is 11.7 Å².